The highest BCUT2D eigenvalue weighted by molar-refractivity contribution is 5.85. The highest BCUT2D eigenvalue weighted by Crippen LogP contribution is 2.54. The Hall–Kier alpha value is -2.73. The van der Waals surface area contributed by atoms with E-state index in [1.165, 1.54) is 9.80 Å². The van der Waals surface area contributed by atoms with Crippen molar-refractivity contribution in [3.63, 3.8) is 0 Å². The zero-order valence-corrected chi connectivity index (χ0v) is 20.8. The molecule has 1 aromatic carbocycles. The van der Waals surface area contributed by atoms with Gasteiger partial charge in [-0.05, 0) is 43.0 Å². The molecule has 0 radical (unpaired) electrons. The molecule has 204 valence electrons. The van der Waals surface area contributed by atoms with Crippen LogP contribution in [0.3, 0.4) is 0 Å². The minimum atomic E-state index is -4.34. The number of anilines is 1. The number of hydrogen-bond acceptors (Lipinski definition) is 6. The van der Waals surface area contributed by atoms with Gasteiger partial charge in [0.05, 0.1) is 36.8 Å². The first-order chi connectivity index (χ1) is 18.1. The van der Waals surface area contributed by atoms with Crippen LogP contribution in [0, 0.1) is 5.41 Å². The lowest BCUT2D eigenvalue weighted by atomic mass is 9.94. The summed E-state index contributed by atoms with van der Waals surface area (Å²) in [6.45, 7) is -0.790. The Morgan fingerprint density at radius 3 is 2.61 bits per heavy atom. The number of likely N-dealkylation sites (tertiary alicyclic amines) is 1. The lowest BCUT2D eigenvalue weighted by Crippen LogP contribution is -2.48. The van der Waals surface area contributed by atoms with Gasteiger partial charge in [0.1, 0.15) is 0 Å². The van der Waals surface area contributed by atoms with Crippen molar-refractivity contribution in [3.8, 4) is 0 Å². The normalized spacial score (nSPS) is 23.7. The van der Waals surface area contributed by atoms with Crippen LogP contribution in [0.2, 0.25) is 0 Å². The molecule has 1 saturated carbocycles. The molecule has 2 aromatic heterocycles. The maximum Gasteiger partial charge on any atom is 0.401 e. The van der Waals surface area contributed by atoms with Gasteiger partial charge in [-0.1, -0.05) is 18.2 Å². The van der Waals surface area contributed by atoms with Gasteiger partial charge >= 0.3 is 6.18 Å². The summed E-state index contributed by atoms with van der Waals surface area (Å²) < 4.78 is 53.3. The number of pyridine rings is 1. The molecule has 2 fully saturated rings. The molecular weight excluding hydrogens is 502 g/mol. The highest BCUT2D eigenvalue weighted by Gasteiger charge is 2.58. The number of H-pyrrole nitrogens is 1. The van der Waals surface area contributed by atoms with Gasteiger partial charge in [0.2, 0.25) is 5.91 Å². The molecule has 4 N–H and O–H groups in total. The summed E-state index contributed by atoms with van der Waals surface area (Å²) in [5.74, 6) is -2.19. The number of fused-ring (bicyclic) bond motifs is 3. The van der Waals surface area contributed by atoms with E-state index in [4.69, 9.17) is 0 Å². The first-order valence-corrected chi connectivity index (χ1v) is 13.0. The summed E-state index contributed by atoms with van der Waals surface area (Å²) in [7, 11) is 0. The molecule has 38 heavy (non-hydrogen) atoms. The van der Waals surface area contributed by atoms with Gasteiger partial charge in [-0.15, -0.1) is 0 Å². The summed E-state index contributed by atoms with van der Waals surface area (Å²) in [6.07, 6.45) is -0.717. The fourth-order valence-corrected chi connectivity index (χ4v) is 6.27. The van der Waals surface area contributed by atoms with Crippen LogP contribution in [0.4, 0.5) is 23.2 Å². The second-order valence-electron chi connectivity index (χ2n) is 10.9. The Kier molecular flexibility index (Phi) is 6.17. The van der Waals surface area contributed by atoms with Gasteiger partial charge in [-0.25, -0.2) is 4.90 Å². The molecule has 2 unspecified atom stereocenters. The molecule has 2 aliphatic heterocycles. The summed E-state index contributed by atoms with van der Waals surface area (Å²) in [4.78, 5) is 10.9. The Labute approximate surface area is 217 Å². The Bertz CT molecular complexity index is 1310. The van der Waals surface area contributed by atoms with E-state index in [0.29, 0.717) is 30.9 Å². The van der Waals surface area contributed by atoms with E-state index in [9.17, 15) is 27.8 Å². The third-order valence-corrected chi connectivity index (χ3v) is 8.40. The van der Waals surface area contributed by atoms with Crippen molar-refractivity contribution < 1.29 is 27.8 Å². The summed E-state index contributed by atoms with van der Waals surface area (Å²) in [6, 6.07) is 10.6. The molecule has 6 rings (SSSR count). The standard InChI is InChI=1S/C27H31F4N5O2/c28-11-10-27(37,38)36-14-22(25(15-36)8-9-25)33-17-5-6-21(32-13-17)24-23-19(7-12-35(24)16-26(29,30)31)18-3-1-2-4-20(18)34-23/h1-6,13,22,24,33-34,37-38H,7-12,14-16H2. The van der Waals surface area contributed by atoms with E-state index in [1.807, 2.05) is 30.3 Å². The van der Waals surface area contributed by atoms with Crippen LogP contribution in [0.15, 0.2) is 42.6 Å². The first kappa shape index (κ1) is 25.5. The van der Waals surface area contributed by atoms with Crippen LogP contribution in [0.5, 0.6) is 0 Å². The number of aromatic amines is 1. The minimum absolute atomic E-state index is 0.0786. The van der Waals surface area contributed by atoms with Crippen molar-refractivity contribution >= 4 is 16.6 Å². The molecule has 1 saturated heterocycles. The van der Waals surface area contributed by atoms with E-state index in [0.717, 1.165) is 35.0 Å². The smallest absolute Gasteiger partial charge is 0.379 e. The van der Waals surface area contributed by atoms with E-state index < -0.39 is 31.3 Å². The number of hydrogen-bond donors (Lipinski definition) is 4. The number of aromatic nitrogens is 2. The molecule has 4 heterocycles. The average Bonchev–Trinajstić information content (AvgIpc) is 3.41. The number of rotatable bonds is 7. The third kappa shape index (κ3) is 4.66. The van der Waals surface area contributed by atoms with E-state index >= 15 is 0 Å². The maximum absolute atomic E-state index is 13.5. The predicted octanol–water partition coefficient (Wildman–Crippen LogP) is 3.95. The van der Waals surface area contributed by atoms with Gasteiger partial charge in [0, 0.05) is 54.1 Å². The molecule has 7 nitrogen and oxygen atoms in total. The Balaban J connectivity index is 1.26. The summed E-state index contributed by atoms with van der Waals surface area (Å²) in [5, 5.41) is 25.0. The zero-order valence-electron chi connectivity index (χ0n) is 20.8. The fraction of sp³-hybridized carbons (Fsp3) is 0.519. The van der Waals surface area contributed by atoms with Crippen molar-refractivity contribution in [2.75, 3.05) is 38.2 Å². The third-order valence-electron chi connectivity index (χ3n) is 8.40. The van der Waals surface area contributed by atoms with Gasteiger partial charge in [-0.3, -0.25) is 14.3 Å². The quantitative estimate of drug-likeness (QED) is 0.272. The molecule has 3 aliphatic rings. The second-order valence-corrected chi connectivity index (χ2v) is 10.9. The number of aliphatic hydroxyl groups is 2. The monoisotopic (exact) mass is 533 g/mol. The molecule has 1 aliphatic carbocycles. The molecule has 0 amide bonds. The van der Waals surface area contributed by atoms with Crippen LogP contribution in [0.1, 0.15) is 42.3 Å². The van der Waals surface area contributed by atoms with Crippen molar-refractivity contribution in [1.29, 1.82) is 0 Å². The number of nitrogens with zero attached hydrogens (tertiary/aromatic N) is 3. The lowest BCUT2D eigenvalue weighted by molar-refractivity contribution is -0.264. The lowest BCUT2D eigenvalue weighted by Gasteiger charge is -2.36. The molecule has 11 heteroatoms. The molecule has 3 aromatic rings. The van der Waals surface area contributed by atoms with Crippen LogP contribution in [0.25, 0.3) is 10.9 Å². The van der Waals surface area contributed by atoms with Crippen LogP contribution in [-0.2, 0) is 6.42 Å². The molecular formula is C27H31F4N5O2. The molecule has 2 atom stereocenters. The largest absolute Gasteiger partial charge is 0.401 e. The minimum Gasteiger partial charge on any atom is -0.379 e. The van der Waals surface area contributed by atoms with Gasteiger partial charge in [0.25, 0.3) is 0 Å². The summed E-state index contributed by atoms with van der Waals surface area (Å²) >= 11 is 0. The number of nitrogens with one attached hydrogen (secondary N) is 2. The second kappa shape index (κ2) is 9.18. The van der Waals surface area contributed by atoms with Crippen LogP contribution in [-0.4, -0.2) is 81.0 Å². The van der Waals surface area contributed by atoms with Crippen LogP contribution >= 0.6 is 0 Å². The average molecular weight is 534 g/mol. The van der Waals surface area contributed by atoms with Crippen molar-refractivity contribution in [1.82, 2.24) is 19.8 Å². The molecule has 0 bridgehead atoms. The van der Waals surface area contributed by atoms with Crippen molar-refractivity contribution in [3.05, 3.63) is 59.5 Å². The number of halogens is 4. The first-order valence-electron chi connectivity index (χ1n) is 13.0. The van der Waals surface area contributed by atoms with Crippen molar-refractivity contribution in [2.24, 2.45) is 5.41 Å². The van der Waals surface area contributed by atoms with E-state index in [1.54, 1.807) is 12.3 Å². The maximum atomic E-state index is 13.5. The van der Waals surface area contributed by atoms with Gasteiger partial charge in [-0.2, -0.15) is 13.2 Å². The number of para-hydroxylation sites is 1. The summed E-state index contributed by atoms with van der Waals surface area (Å²) in [5.41, 5.74) is 3.78. The van der Waals surface area contributed by atoms with Gasteiger partial charge in [0.15, 0.2) is 0 Å². The number of alkyl halides is 4. The van der Waals surface area contributed by atoms with E-state index in [-0.39, 0.29) is 24.4 Å². The van der Waals surface area contributed by atoms with Crippen molar-refractivity contribution in [2.45, 2.75) is 49.9 Å². The highest BCUT2D eigenvalue weighted by atomic mass is 19.4. The fourth-order valence-electron chi connectivity index (χ4n) is 6.27. The van der Waals surface area contributed by atoms with Gasteiger partial charge < -0.3 is 20.5 Å². The molecule has 1 spiro atoms. The SMILES string of the molecule is OC(O)(CCF)N1CC(Nc2ccc(C3c4[nH]c5ccccc5c4CCN3CC(F)(F)F)nc2)C2(CC2)C1. The Morgan fingerprint density at radius 2 is 1.92 bits per heavy atom. The Morgan fingerprint density at radius 1 is 1.13 bits per heavy atom. The number of benzene rings is 1. The predicted molar refractivity (Wildman–Crippen MR) is 134 cm³/mol. The topological polar surface area (TPSA) is 87.7 Å². The zero-order chi connectivity index (χ0) is 26.7. The van der Waals surface area contributed by atoms with Crippen LogP contribution < -0.4 is 5.32 Å². The van der Waals surface area contributed by atoms with E-state index in [2.05, 4.69) is 15.3 Å².